The summed E-state index contributed by atoms with van der Waals surface area (Å²) >= 11 is 0. The molecule has 2 aromatic heterocycles. The van der Waals surface area contributed by atoms with Crippen molar-refractivity contribution in [2.45, 2.75) is 6.04 Å². The van der Waals surface area contributed by atoms with Gasteiger partial charge in [0, 0.05) is 43.5 Å². The lowest BCUT2D eigenvalue weighted by Crippen LogP contribution is -2.50. The fourth-order valence-corrected chi connectivity index (χ4v) is 3.78. The number of ether oxygens (including phenoxy) is 2. The first-order valence-corrected chi connectivity index (χ1v) is 10.9. The molecule has 0 bridgehead atoms. The topological polar surface area (TPSA) is 98.7 Å². The fourth-order valence-electron chi connectivity index (χ4n) is 3.78. The number of likely N-dealkylation sites (tertiary alicyclic amines) is 1. The molecular weight excluding hydrogens is 432 g/mol. The van der Waals surface area contributed by atoms with E-state index in [0.717, 1.165) is 17.7 Å². The molecule has 3 heterocycles. The predicted molar refractivity (Wildman–Crippen MR) is 131 cm³/mol. The summed E-state index contributed by atoms with van der Waals surface area (Å²) in [5.74, 6) is 8.07. The zero-order valence-electron chi connectivity index (χ0n) is 19.8. The second-order valence-electron chi connectivity index (χ2n) is 8.32. The number of carbonyl (C=O) groups excluding carboxylic acids is 1. The van der Waals surface area contributed by atoms with Gasteiger partial charge in [0.1, 0.15) is 29.3 Å². The molecule has 1 aromatic carbocycles. The first kappa shape index (κ1) is 23.1. The molecule has 1 amide bonds. The van der Waals surface area contributed by atoms with Gasteiger partial charge in [-0.05, 0) is 26.2 Å². The quantitative estimate of drug-likeness (QED) is 0.443. The number of rotatable bonds is 6. The van der Waals surface area contributed by atoms with Crippen molar-refractivity contribution >= 4 is 22.8 Å². The van der Waals surface area contributed by atoms with E-state index in [0.29, 0.717) is 41.4 Å². The highest BCUT2D eigenvalue weighted by Gasteiger charge is 2.32. The summed E-state index contributed by atoms with van der Waals surface area (Å²) in [6.07, 6.45) is 6.89. The first-order chi connectivity index (χ1) is 16.4. The third kappa shape index (κ3) is 4.82. The average molecular weight is 461 g/mol. The average Bonchev–Trinajstić information content (AvgIpc) is 3.15. The standard InChI is InChI=1S/C25H28N6O3/c1-29(2)9-5-6-22(32)30-14-19(15-30)31-13-18(23-24(26)27-16-28-25(23)31)8-7-17-10-20(33-3)12-21(11-17)34-4/h5-6,10-13,16,19H,9,14-15H2,1-4H3,(H2,26,27,28). The second-order valence-corrected chi connectivity index (χ2v) is 8.32. The molecule has 9 nitrogen and oxygen atoms in total. The number of fused-ring (bicyclic) bond motifs is 1. The minimum atomic E-state index is 0.00990. The molecule has 0 radical (unpaired) electrons. The van der Waals surface area contributed by atoms with Crippen LogP contribution in [0, 0.1) is 11.8 Å². The van der Waals surface area contributed by atoms with E-state index in [2.05, 4.69) is 21.8 Å². The first-order valence-electron chi connectivity index (χ1n) is 10.9. The molecule has 0 saturated carbocycles. The molecule has 3 aromatic rings. The molecule has 0 aliphatic carbocycles. The molecule has 4 rings (SSSR count). The van der Waals surface area contributed by atoms with E-state index in [1.54, 1.807) is 31.3 Å². The highest BCUT2D eigenvalue weighted by atomic mass is 16.5. The van der Waals surface area contributed by atoms with Crippen molar-refractivity contribution in [1.29, 1.82) is 0 Å². The molecule has 0 spiro atoms. The monoisotopic (exact) mass is 460 g/mol. The summed E-state index contributed by atoms with van der Waals surface area (Å²) in [5.41, 5.74) is 8.38. The highest BCUT2D eigenvalue weighted by Crippen LogP contribution is 2.30. The Morgan fingerprint density at radius 3 is 2.53 bits per heavy atom. The number of methoxy groups -OCH3 is 2. The summed E-state index contributed by atoms with van der Waals surface area (Å²) in [6.45, 7) is 1.92. The van der Waals surface area contributed by atoms with Crippen molar-refractivity contribution in [3.05, 3.63) is 54.0 Å². The van der Waals surface area contributed by atoms with E-state index in [1.807, 2.05) is 48.0 Å². The van der Waals surface area contributed by atoms with Gasteiger partial charge < -0.3 is 29.6 Å². The van der Waals surface area contributed by atoms with Crippen LogP contribution in [0.1, 0.15) is 17.2 Å². The lowest BCUT2D eigenvalue weighted by Gasteiger charge is -2.39. The molecule has 1 aliphatic rings. The maximum atomic E-state index is 12.4. The Balaban J connectivity index is 1.60. The van der Waals surface area contributed by atoms with Gasteiger partial charge in [-0.25, -0.2) is 9.97 Å². The molecule has 9 heteroatoms. The molecule has 2 N–H and O–H groups in total. The summed E-state index contributed by atoms with van der Waals surface area (Å²) in [6, 6.07) is 5.57. The molecule has 1 saturated heterocycles. The summed E-state index contributed by atoms with van der Waals surface area (Å²) in [5, 5.41) is 0.709. The van der Waals surface area contributed by atoms with E-state index < -0.39 is 0 Å². The van der Waals surface area contributed by atoms with Gasteiger partial charge in [-0.3, -0.25) is 4.79 Å². The highest BCUT2D eigenvalue weighted by molar-refractivity contribution is 5.93. The van der Waals surface area contributed by atoms with Crippen LogP contribution in [0.25, 0.3) is 11.0 Å². The Morgan fingerprint density at radius 1 is 1.18 bits per heavy atom. The van der Waals surface area contributed by atoms with Gasteiger partial charge in [0.2, 0.25) is 5.91 Å². The number of aromatic nitrogens is 3. The van der Waals surface area contributed by atoms with Gasteiger partial charge in [0.25, 0.3) is 0 Å². The summed E-state index contributed by atoms with van der Waals surface area (Å²) in [4.78, 5) is 24.8. The maximum absolute atomic E-state index is 12.4. The molecule has 0 unspecified atom stereocenters. The summed E-state index contributed by atoms with van der Waals surface area (Å²) in [7, 11) is 7.12. The van der Waals surface area contributed by atoms with Crippen molar-refractivity contribution in [3.8, 4) is 23.3 Å². The Kier molecular flexibility index (Phi) is 6.70. The number of likely N-dealkylation sites (N-methyl/N-ethyl adjacent to an activating group) is 1. The minimum absolute atomic E-state index is 0.00990. The van der Waals surface area contributed by atoms with Crippen LogP contribution in [0.2, 0.25) is 0 Å². The number of anilines is 1. The van der Waals surface area contributed by atoms with Crippen molar-refractivity contribution in [1.82, 2.24) is 24.3 Å². The maximum Gasteiger partial charge on any atom is 0.246 e. The normalized spacial score (nSPS) is 13.7. The van der Waals surface area contributed by atoms with E-state index >= 15 is 0 Å². The van der Waals surface area contributed by atoms with Crippen LogP contribution in [0.5, 0.6) is 11.5 Å². The number of nitrogen functional groups attached to an aromatic ring is 1. The minimum Gasteiger partial charge on any atom is -0.497 e. The lowest BCUT2D eigenvalue weighted by molar-refractivity contribution is -0.131. The molecule has 1 aliphatic heterocycles. The van der Waals surface area contributed by atoms with E-state index in [9.17, 15) is 4.79 Å². The van der Waals surface area contributed by atoms with Crippen LogP contribution < -0.4 is 15.2 Å². The lowest BCUT2D eigenvalue weighted by atomic mass is 10.1. The van der Waals surface area contributed by atoms with Crippen LogP contribution >= 0.6 is 0 Å². The van der Waals surface area contributed by atoms with Crippen molar-refractivity contribution in [3.63, 3.8) is 0 Å². The van der Waals surface area contributed by atoms with Crippen LogP contribution in [-0.2, 0) is 4.79 Å². The van der Waals surface area contributed by atoms with E-state index in [-0.39, 0.29) is 11.9 Å². The largest absolute Gasteiger partial charge is 0.497 e. The molecular formula is C25H28N6O3. The van der Waals surface area contributed by atoms with Crippen LogP contribution in [0.4, 0.5) is 5.82 Å². The third-order valence-corrected chi connectivity index (χ3v) is 5.63. The van der Waals surface area contributed by atoms with Gasteiger partial charge in [0.15, 0.2) is 0 Å². The number of hydrogen-bond acceptors (Lipinski definition) is 7. The summed E-state index contributed by atoms with van der Waals surface area (Å²) < 4.78 is 12.7. The van der Waals surface area contributed by atoms with E-state index in [4.69, 9.17) is 15.2 Å². The van der Waals surface area contributed by atoms with Gasteiger partial charge in [0.05, 0.1) is 31.2 Å². The Hall–Kier alpha value is -4.03. The molecule has 34 heavy (non-hydrogen) atoms. The van der Waals surface area contributed by atoms with Crippen LogP contribution in [0.15, 0.2) is 42.9 Å². The molecule has 176 valence electrons. The van der Waals surface area contributed by atoms with Gasteiger partial charge in [-0.1, -0.05) is 17.9 Å². The SMILES string of the molecule is COc1cc(C#Cc2cn(C3CN(C(=O)C=CCN(C)C)C3)c3ncnc(N)c23)cc(OC)c1. The Labute approximate surface area is 198 Å². The van der Waals surface area contributed by atoms with Gasteiger partial charge >= 0.3 is 0 Å². The third-order valence-electron chi connectivity index (χ3n) is 5.63. The second kappa shape index (κ2) is 9.85. The smallest absolute Gasteiger partial charge is 0.246 e. The number of nitrogens with two attached hydrogens (primary N) is 1. The van der Waals surface area contributed by atoms with Crippen molar-refractivity contribution < 1.29 is 14.3 Å². The molecule has 0 atom stereocenters. The zero-order valence-corrected chi connectivity index (χ0v) is 19.8. The molecule has 1 fully saturated rings. The van der Waals surface area contributed by atoms with Crippen LogP contribution in [0.3, 0.4) is 0 Å². The Bertz CT molecular complexity index is 1270. The van der Waals surface area contributed by atoms with Crippen molar-refractivity contribution in [2.24, 2.45) is 0 Å². The Morgan fingerprint density at radius 2 is 1.88 bits per heavy atom. The predicted octanol–water partition coefficient (Wildman–Crippen LogP) is 1.93. The van der Waals surface area contributed by atoms with Crippen LogP contribution in [-0.4, -0.2) is 78.2 Å². The van der Waals surface area contributed by atoms with Gasteiger partial charge in [-0.15, -0.1) is 0 Å². The zero-order chi connectivity index (χ0) is 24.2. The number of nitrogens with zero attached hydrogens (tertiary/aromatic N) is 5. The number of amides is 1. The van der Waals surface area contributed by atoms with Crippen molar-refractivity contribution in [2.75, 3.05) is 53.7 Å². The number of carbonyl (C=O) groups is 1. The number of benzene rings is 1. The van der Waals surface area contributed by atoms with E-state index in [1.165, 1.54) is 6.33 Å². The van der Waals surface area contributed by atoms with Gasteiger partial charge in [-0.2, -0.15) is 0 Å². The fraction of sp³-hybridized carbons (Fsp3) is 0.320. The number of hydrogen-bond donors (Lipinski definition) is 1.